The molecule has 1 aliphatic rings. The Morgan fingerprint density at radius 2 is 2.00 bits per heavy atom. The predicted octanol–water partition coefficient (Wildman–Crippen LogP) is 4.80. The van der Waals surface area contributed by atoms with Crippen LogP contribution in [0.25, 0.3) is 0 Å². The Kier molecular flexibility index (Phi) is 4.41. The molecule has 0 aliphatic heterocycles. The number of benzene rings is 2. The second-order valence-electron chi connectivity index (χ2n) is 5.76. The van der Waals surface area contributed by atoms with Gasteiger partial charge in [0.05, 0.1) is 0 Å². The molecule has 2 aromatic carbocycles. The first-order valence-electron chi connectivity index (χ1n) is 7.41. The first-order valence-corrected chi connectivity index (χ1v) is 8.20. The lowest BCUT2D eigenvalue weighted by molar-refractivity contribution is 0.405. The maximum Gasteiger partial charge on any atom is 0.127 e. The molecule has 0 bridgehead atoms. The summed E-state index contributed by atoms with van der Waals surface area (Å²) in [5.74, 6) is -0.127. The first kappa shape index (κ1) is 14.7. The SMILES string of the molecule is CC(NC1CCc2cc(Br)ccc2C1)c1ccccc1F. The average Bonchev–Trinajstić information content (AvgIpc) is 2.48. The first-order chi connectivity index (χ1) is 10.1. The van der Waals surface area contributed by atoms with E-state index in [1.165, 1.54) is 17.2 Å². The van der Waals surface area contributed by atoms with Crippen LogP contribution >= 0.6 is 15.9 Å². The molecular weight excluding hydrogens is 329 g/mol. The molecule has 0 spiro atoms. The van der Waals surface area contributed by atoms with E-state index in [0.29, 0.717) is 6.04 Å². The normalized spacial score (nSPS) is 19.1. The predicted molar refractivity (Wildman–Crippen MR) is 87.9 cm³/mol. The minimum absolute atomic E-state index is 0.0354. The molecule has 0 radical (unpaired) electrons. The van der Waals surface area contributed by atoms with Gasteiger partial charge in [-0.15, -0.1) is 0 Å². The summed E-state index contributed by atoms with van der Waals surface area (Å²) in [6.45, 7) is 2.04. The molecule has 3 heteroatoms. The van der Waals surface area contributed by atoms with Crippen LogP contribution < -0.4 is 5.32 Å². The van der Waals surface area contributed by atoms with Crippen molar-refractivity contribution in [2.45, 2.75) is 38.3 Å². The topological polar surface area (TPSA) is 12.0 Å². The van der Waals surface area contributed by atoms with Gasteiger partial charge in [0.25, 0.3) is 0 Å². The Morgan fingerprint density at radius 3 is 2.81 bits per heavy atom. The van der Waals surface area contributed by atoms with Crippen molar-refractivity contribution < 1.29 is 4.39 Å². The van der Waals surface area contributed by atoms with E-state index in [2.05, 4.69) is 39.4 Å². The third-order valence-corrected chi connectivity index (χ3v) is 4.75. The van der Waals surface area contributed by atoms with Gasteiger partial charge in [0.1, 0.15) is 5.82 Å². The van der Waals surface area contributed by atoms with E-state index >= 15 is 0 Å². The molecule has 0 saturated carbocycles. The highest BCUT2D eigenvalue weighted by molar-refractivity contribution is 9.10. The van der Waals surface area contributed by atoms with E-state index in [4.69, 9.17) is 0 Å². The number of aryl methyl sites for hydroxylation is 1. The molecule has 3 rings (SSSR count). The zero-order valence-electron chi connectivity index (χ0n) is 12.1. The highest BCUT2D eigenvalue weighted by Gasteiger charge is 2.21. The van der Waals surface area contributed by atoms with Crippen molar-refractivity contribution in [3.05, 3.63) is 69.4 Å². The molecule has 1 nitrogen and oxygen atoms in total. The quantitative estimate of drug-likeness (QED) is 0.841. The standard InChI is InChI=1S/C18H19BrFN/c1-12(17-4-2-3-5-18(17)20)21-16-9-7-13-10-15(19)8-6-14(13)11-16/h2-6,8,10,12,16,21H,7,9,11H2,1H3. The molecule has 0 aromatic heterocycles. The molecule has 2 unspecified atom stereocenters. The van der Waals surface area contributed by atoms with E-state index < -0.39 is 0 Å². The van der Waals surface area contributed by atoms with E-state index in [1.807, 2.05) is 19.1 Å². The fourth-order valence-electron chi connectivity index (χ4n) is 3.14. The van der Waals surface area contributed by atoms with Crippen LogP contribution in [0.2, 0.25) is 0 Å². The number of hydrogen-bond acceptors (Lipinski definition) is 1. The highest BCUT2D eigenvalue weighted by atomic mass is 79.9. The van der Waals surface area contributed by atoms with E-state index in [-0.39, 0.29) is 11.9 Å². The lowest BCUT2D eigenvalue weighted by atomic mass is 9.88. The summed E-state index contributed by atoms with van der Waals surface area (Å²) in [5, 5.41) is 3.58. The third kappa shape index (κ3) is 3.35. The van der Waals surface area contributed by atoms with E-state index in [0.717, 1.165) is 29.3 Å². The summed E-state index contributed by atoms with van der Waals surface area (Å²) < 4.78 is 15.0. The summed E-state index contributed by atoms with van der Waals surface area (Å²) in [6.07, 6.45) is 3.19. The Morgan fingerprint density at radius 1 is 1.19 bits per heavy atom. The zero-order chi connectivity index (χ0) is 14.8. The number of rotatable bonds is 3. The molecule has 2 atom stereocenters. The molecule has 1 aliphatic carbocycles. The van der Waals surface area contributed by atoms with Crippen molar-refractivity contribution >= 4 is 15.9 Å². The van der Waals surface area contributed by atoms with Gasteiger partial charge in [-0.3, -0.25) is 0 Å². The number of fused-ring (bicyclic) bond motifs is 1. The van der Waals surface area contributed by atoms with Gasteiger partial charge in [-0.2, -0.15) is 0 Å². The minimum Gasteiger partial charge on any atom is -0.307 e. The zero-order valence-corrected chi connectivity index (χ0v) is 13.7. The maximum absolute atomic E-state index is 13.8. The molecule has 21 heavy (non-hydrogen) atoms. The van der Waals surface area contributed by atoms with Gasteiger partial charge in [0, 0.05) is 22.1 Å². The lowest BCUT2D eigenvalue weighted by Gasteiger charge is -2.29. The van der Waals surface area contributed by atoms with Crippen molar-refractivity contribution in [3.8, 4) is 0 Å². The minimum atomic E-state index is -0.127. The molecule has 110 valence electrons. The summed E-state index contributed by atoms with van der Waals surface area (Å²) in [7, 11) is 0. The third-order valence-electron chi connectivity index (χ3n) is 4.25. The Balaban J connectivity index is 1.70. The summed E-state index contributed by atoms with van der Waals surface area (Å²) >= 11 is 3.53. The van der Waals surface area contributed by atoms with Gasteiger partial charge >= 0.3 is 0 Å². The Bertz CT molecular complexity index is 641. The van der Waals surface area contributed by atoms with Crippen LogP contribution in [0.4, 0.5) is 4.39 Å². The van der Waals surface area contributed by atoms with Crippen LogP contribution in [-0.2, 0) is 12.8 Å². The van der Waals surface area contributed by atoms with E-state index in [9.17, 15) is 4.39 Å². The summed E-state index contributed by atoms with van der Waals surface area (Å²) in [4.78, 5) is 0. The molecule has 1 N–H and O–H groups in total. The number of hydrogen-bond donors (Lipinski definition) is 1. The van der Waals surface area contributed by atoms with Crippen LogP contribution in [-0.4, -0.2) is 6.04 Å². The van der Waals surface area contributed by atoms with Crippen LogP contribution in [0.3, 0.4) is 0 Å². The summed E-state index contributed by atoms with van der Waals surface area (Å²) in [5.41, 5.74) is 3.59. The Hall–Kier alpha value is -1.19. The molecular formula is C18H19BrFN. The maximum atomic E-state index is 13.8. The van der Waals surface area contributed by atoms with Crippen LogP contribution in [0, 0.1) is 5.82 Å². The van der Waals surface area contributed by atoms with Crippen molar-refractivity contribution in [1.29, 1.82) is 0 Å². The number of halogens is 2. The van der Waals surface area contributed by atoms with Crippen molar-refractivity contribution in [3.63, 3.8) is 0 Å². The van der Waals surface area contributed by atoms with Crippen molar-refractivity contribution in [2.24, 2.45) is 0 Å². The van der Waals surface area contributed by atoms with Gasteiger partial charge in [-0.25, -0.2) is 4.39 Å². The smallest absolute Gasteiger partial charge is 0.127 e. The molecule has 0 heterocycles. The van der Waals surface area contributed by atoms with Gasteiger partial charge in [0.15, 0.2) is 0 Å². The number of nitrogens with one attached hydrogen (secondary N) is 1. The fourth-order valence-corrected chi connectivity index (χ4v) is 3.54. The van der Waals surface area contributed by atoms with E-state index in [1.54, 1.807) is 6.07 Å². The second-order valence-corrected chi connectivity index (χ2v) is 6.68. The largest absolute Gasteiger partial charge is 0.307 e. The molecule has 0 amide bonds. The van der Waals surface area contributed by atoms with Gasteiger partial charge in [-0.1, -0.05) is 40.2 Å². The Labute approximate surface area is 133 Å². The monoisotopic (exact) mass is 347 g/mol. The molecule has 2 aromatic rings. The lowest BCUT2D eigenvalue weighted by Crippen LogP contribution is -2.36. The van der Waals surface area contributed by atoms with Gasteiger partial charge in [-0.05, 0) is 55.5 Å². The molecule has 0 fully saturated rings. The fraction of sp³-hybridized carbons (Fsp3) is 0.333. The average molecular weight is 348 g/mol. The van der Waals surface area contributed by atoms with Crippen LogP contribution in [0.15, 0.2) is 46.9 Å². The van der Waals surface area contributed by atoms with Crippen molar-refractivity contribution in [2.75, 3.05) is 0 Å². The summed E-state index contributed by atoms with van der Waals surface area (Å²) in [6, 6.07) is 14.0. The second kappa shape index (κ2) is 6.29. The molecule has 0 saturated heterocycles. The highest BCUT2D eigenvalue weighted by Crippen LogP contribution is 2.26. The van der Waals surface area contributed by atoms with Gasteiger partial charge < -0.3 is 5.32 Å². The van der Waals surface area contributed by atoms with Crippen LogP contribution in [0.5, 0.6) is 0 Å². The van der Waals surface area contributed by atoms with Crippen molar-refractivity contribution in [1.82, 2.24) is 5.32 Å². The van der Waals surface area contributed by atoms with Crippen LogP contribution in [0.1, 0.15) is 36.1 Å². The van der Waals surface area contributed by atoms with Gasteiger partial charge in [0.2, 0.25) is 0 Å².